The second-order valence-electron chi connectivity index (χ2n) is 3.90. The van der Waals surface area contributed by atoms with E-state index >= 15 is 0 Å². The molecule has 3 N–H and O–H groups in total. The van der Waals surface area contributed by atoms with Crippen LogP contribution < -0.4 is 10.6 Å². The molecule has 0 heterocycles. The van der Waals surface area contributed by atoms with E-state index in [1.54, 1.807) is 12.1 Å². The number of anilines is 1. The molecule has 0 aromatic heterocycles. The predicted octanol–water partition coefficient (Wildman–Crippen LogP) is 0.949. The van der Waals surface area contributed by atoms with Crippen LogP contribution in [0.2, 0.25) is 0 Å². The molecule has 0 atom stereocenters. The van der Waals surface area contributed by atoms with Gasteiger partial charge in [-0.15, -0.1) is 11.8 Å². The molecule has 0 aliphatic heterocycles. The lowest BCUT2D eigenvalue weighted by molar-refractivity contribution is -0.133. The zero-order chi connectivity index (χ0) is 14.8. The Bertz CT molecular complexity index is 465. The highest BCUT2D eigenvalue weighted by molar-refractivity contribution is 8.00. The molecule has 0 spiro atoms. The van der Waals surface area contributed by atoms with Crippen LogP contribution in [0.5, 0.6) is 0 Å². The van der Waals surface area contributed by atoms with Crippen LogP contribution in [0, 0.1) is 0 Å². The van der Waals surface area contributed by atoms with Crippen LogP contribution in [0.15, 0.2) is 30.3 Å². The fourth-order valence-corrected chi connectivity index (χ4v) is 1.91. The number of aliphatic carboxylic acids is 1. The van der Waals surface area contributed by atoms with Crippen LogP contribution >= 0.6 is 11.8 Å². The van der Waals surface area contributed by atoms with Crippen molar-refractivity contribution in [1.82, 2.24) is 5.32 Å². The molecular weight excluding hydrogens is 280 g/mol. The van der Waals surface area contributed by atoms with Crippen molar-refractivity contribution in [1.29, 1.82) is 0 Å². The third-order valence-electron chi connectivity index (χ3n) is 2.19. The number of carboxylic acid groups (broad SMARTS) is 1. The van der Waals surface area contributed by atoms with Gasteiger partial charge in [0.1, 0.15) is 0 Å². The van der Waals surface area contributed by atoms with E-state index in [4.69, 9.17) is 5.11 Å². The van der Waals surface area contributed by atoms with Crippen molar-refractivity contribution in [3.63, 3.8) is 0 Å². The number of carbonyl (C=O) groups is 3. The van der Waals surface area contributed by atoms with Gasteiger partial charge >= 0.3 is 5.97 Å². The van der Waals surface area contributed by atoms with Crippen molar-refractivity contribution < 1.29 is 19.5 Å². The first-order chi connectivity index (χ1) is 9.58. The summed E-state index contributed by atoms with van der Waals surface area (Å²) in [5, 5.41) is 13.7. The van der Waals surface area contributed by atoms with Gasteiger partial charge < -0.3 is 15.7 Å². The zero-order valence-electron chi connectivity index (χ0n) is 10.8. The second-order valence-corrected chi connectivity index (χ2v) is 4.89. The van der Waals surface area contributed by atoms with Crippen molar-refractivity contribution in [2.45, 2.75) is 6.42 Å². The number of carboxylic acids is 1. The average Bonchev–Trinajstić information content (AvgIpc) is 2.39. The number of benzene rings is 1. The van der Waals surface area contributed by atoms with Gasteiger partial charge in [0.05, 0.1) is 11.5 Å². The third kappa shape index (κ3) is 7.42. The Hall–Kier alpha value is -2.02. The van der Waals surface area contributed by atoms with E-state index in [0.29, 0.717) is 5.69 Å². The molecule has 20 heavy (non-hydrogen) atoms. The topological polar surface area (TPSA) is 95.5 Å². The summed E-state index contributed by atoms with van der Waals surface area (Å²) in [6.07, 6.45) is 0.171. The van der Waals surface area contributed by atoms with Gasteiger partial charge in [0.2, 0.25) is 11.8 Å². The first kappa shape index (κ1) is 16.0. The summed E-state index contributed by atoms with van der Waals surface area (Å²) >= 11 is 1.02. The van der Waals surface area contributed by atoms with E-state index in [1.165, 1.54) is 0 Å². The third-order valence-corrected chi connectivity index (χ3v) is 3.11. The van der Waals surface area contributed by atoms with Gasteiger partial charge in [-0.3, -0.25) is 14.4 Å². The minimum absolute atomic E-state index is 0.0760. The molecule has 1 aromatic carbocycles. The van der Waals surface area contributed by atoms with Crippen molar-refractivity contribution in [2.24, 2.45) is 0 Å². The standard InChI is InChI=1S/C13H16N2O4S/c16-11(15-10-4-2-1-3-5-10)6-7-14-12(17)8-20-9-13(18)19/h1-5H,6-9H2,(H,14,17)(H,15,16)(H,18,19). The van der Waals surface area contributed by atoms with Crippen LogP contribution in [0.1, 0.15) is 6.42 Å². The molecule has 0 unspecified atom stereocenters. The fourth-order valence-electron chi connectivity index (χ4n) is 1.34. The van der Waals surface area contributed by atoms with Crippen molar-refractivity contribution in [3.05, 3.63) is 30.3 Å². The predicted molar refractivity (Wildman–Crippen MR) is 77.7 cm³/mol. The highest BCUT2D eigenvalue weighted by Gasteiger charge is 2.06. The van der Waals surface area contributed by atoms with E-state index in [1.807, 2.05) is 18.2 Å². The van der Waals surface area contributed by atoms with Crippen molar-refractivity contribution in [2.75, 3.05) is 23.4 Å². The van der Waals surface area contributed by atoms with Crippen LogP contribution in [0.3, 0.4) is 0 Å². The summed E-state index contributed by atoms with van der Waals surface area (Å²) in [6.45, 7) is 0.227. The Kier molecular flexibility index (Phi) is 7.20. The summed E-state index contributed by atoms with van der Waals surface area (Å²) in [7, 11) is 0. The summed E-state index contributed by atoms with van der Waals surface area (Å²) in [5.74, 6) is -1.45. The van der Waals surface area contributed by atoms with E-state index in [-0.39, 0.29) is 36.3 Å². The van der Waals surface area contributed by atoms with Crippen molar-refractivity contribution in [3.8, 4) is 0 Å². The van der Waals surface area contributed by atoms with Gasteiger partial charge in [-0.1, -0.05) is 18.2 Å². The molecule has 6 nitrogen and oxygen atoms in total. The number of nitrogens with one attached hydrogen (secondary N) is 2. The van der Waals surface area contributed by atoms with Crippen LogP contribution in [0.25, 0.3) is 0 Å². The Morgan fingerprint density at radius 1 is 1.05 bits per heavy atom. The molecule has 0 aliphatic rings. The largest absolute Gasteiger partial charge is 0.481 e. The van der Waals surface area contributed by atoms with Gasteiger partial charge in [-0.25, -0.2) is 0 Å². The number of carbonyl (C=O) groups excluding carboxylic acids is 2. The summed E-state index contributed by atoms with van der Waals surface area (Å²) < 4.78 is 0. The second kappa shape index (κ2) is 8.98. The van der Waals surface area contributed by atoms with Gasteiger partial charge in [-0.05, 0) is 12.1 Å². The zero-order valence-corrected chi connectivity index (χ0v) is 11.6. The smallest absolute Gasteiger partial charge is 0.313 e. The average molecular weight is 296 g/mol. The maximum atomic E-state index is 11.6. The van der Waals surface area contributed by atoms with E-state index in [0.717, 1.165) is 11.8 Å². The SMILES string of the molecule is O=C(O)CSCC(=O)NCCC(=O)Nc1ccccc1. The Labute approximate surface area is 120 Å². The van der Waals surface area contributed by atoms with Crippen LogP contribution in [-0.2, 0) is 14.4 Å². The molecule has 0 fully saturated rings. The number of hydrogen-bond donors (Lipinski definition) is 3. The van der Waals surface area contributed by atoms with Gasteiger partial charge in [0, 0.05) is 18.7 Å². The van der Waals surface area contributed by atoms with Crippen LogP contribution in [0.4, 0.5) is 5.69 Å². The molecule has 0 radical (unpaired) electrons. The van der Waals surface area contributed by atoms with E-state index in [9.17, 15) is 14.4 Å². The molecule has 0 saturated carbocycles. The quantitative estimate of drug-likeness (QED) is 0.664. The number of amides is 2. The first-order valence-corrected chi connectivity index (χ1v) is 7.14. The summed E-state index contributed by atoms with van der Waals surface area (Å²) in [4.78, 5) is 33.1. The molecule has 2 amide bonds. The molecule has 0 aliphatic carbocycles. The number of thioether (sulfide) groups is 1. The van der Waals surface area contributed by atoms with Crippen LogP contribution in [-0.4, -0.2) is 40.9 Å². The lowest BCUT2D eigenvalue weighted by atomic mass is 10.3. The van der Waals surface area contributed by atoms with Gasteiger partial charge in [0.25, 0.3) is 0 Å². The number of para-hydroxylation sites is 1. The summed E-state index contributed by atoms with van der Waals surface area (Å²) in [5.41, 5.74) is 0.709. The summed E-state index contributed by atoms with van der Waals surface area (Å²) in [6, 6.07) is 9.04. The molecule has 7 heteroatoms. The number of hydrogen-bond acceptors (Lipinski definition) is 4. The monoisotopic (exact) mass is 296 g/mol. The molecular formula is C13H16N2O4S. The highest BCUT2D eigenvalue weighted by Crippen LogP contribution is 2.05. The lowest BCUT2D eigenvalue weighted by Gasteiger charge is -2.06. The molecule has 0 bridgehead atoms. The minimum Gasteiger partial charge on any atom is -0.481 e. The molecule has 108 valence electrons. The number of rotatable bonds is 8. The van der Waals surface area contributed by atoms with Gasteiger partial charge in [-0.2, -0.15) is 0 Å². The van der Waals surface area contributed by atoms with E-state index in [2.05, 4.69) is 10.6 Å². The maximum absolute atomic E-state index is 11.6. The Morgan fingerprint density at radius 2 is 1.75 bits per heavy atom. The lowest BCUT2D eigenvalue weighted by Crippen LogP contribution is -2.29. The first-order valence-electron chi connectivity index (χ1n) is 5.99. The molecule has 0 saturated heterocycles. The minimum atomic E-state index is -0.954. The highest BCUT2D eigenvalue weighted by atomic mass is 32.2. The molecule has 1 rings (SSSR count). The van der Waals surface area contributed by atoms with E-state index < -0.39 is 5.97 Å². The maximum Gasteiger partial charge on any atom is 0.313 e. The molecule has 1 aromatic rings. The fraction of sp³-hybridized carbons (Fsp3) is 0.308. The van der Waals surface area contributed by atoms with Crippen molar-refractivity contribution >= 4 is 35.2 Å². The Balaban J connectivity index is 2.12. The normalized spacial score (nSPS) is 9.80. The van der Waals surface area contributed by atoms with Gasteiger partial charge in [0.15, 0.2) is 0 Å². The Morgan fingerprint density at radius 3 is 2.40 bits per heavy atom.